The van der Waals surface area contributed by atoms with Gasteiger partial charge in [0.25, 0.3) is 0 Å². The van der Waals surface area contributed by atoms with E-state index >= 15 is 0 Å². The molecule has 4 aromatic rings. The fourth-order valence-corrected chi connectivity index (χ4v) is 2.43. The second-order valence-electron chi connectivity index (χ2n) is 4.62. The van der Waals surface area contributed by atoms with Crippen LogP contribution in [0.5, 0.6) is 0 Å². The van der Waals surface area contributed by atoms with Gasteiger partial charge in [-0.2, -0.15) is 15.6 Å². The summed E-state index contributed by atoms with van der Waals surface area (Å²) in [6.45, 7) is 0. The number of hydrogen-bond acceptors (Lipinski definition) is 5. The summed E-state index contributed by atoms with van der Waals surface area (Å²) in [7, 11) is 0. The molecule has 96 valence electrons. The number of nitrogens with one attached hydrogen (secondary N) is 1. The Balaban J connectivity index is 2.22. The number of hydrogen-bond donors (Lipinski definition) is 1. The van der Waals surface area contributed by atoms with E-state index in [2.05, 4.69) is 20.2 Å². The Bertz CT molecular complexity index is 1110. The third kappa shape index (κ3) is 1.54. The molecule has 1 N–H and O–H groups in total. The van der Waals surface area contributed by atoms with Crippen molar-refractivity contribution in [3.8, 4) is 12.1 Å². The second kappa shape index (κ2) is 3.99. The third-order valence-electron chi connectivity index (χ3n) is 3.43. The lowest BCUT2D eigenvalue weighted by molar-refractivity contribution is 1.12. The average Bonchev–Trinajstić information content (AvgIpc) is 2.98. The van der Waals surface area contributed by atoms with Gasteiger partial charge in [-0.15, -0.1) is 5.10 Å². The molecule has 0 amide bonds. The van der Waals surface area contributed by atoms with E-state index in [0.717, 1.165) is 27.3 Å². The van der Waals surface area contributed by atoms with Crippen LogP contribution in [-0.2, 0) is 0 Å². The van der Waals surface area contributed by atoms with Crippen molar-refractivity contribution in [2.75, 3.05) is 0 Å². The fraction of sp³-hybridized carbons (Fsp3) is 0. The zero-order valence-electron chi connectivity index (χ0n) is 10.6. The topological polar surface area (TPSA) is 102 Å². The van der Waals surface area contributed by atoms with E-state index in [1.165, 1.54) is 0 Å². The van der Waals surface area contributed by atoms with Crippen LogP contribution in [0.25, 0.3) is 32.8 Å². The molecule has 0 saturated heterocycles. The van der Waals surface area contributed by atoms with Crippen LogP contribution >= 0.6 is 0 Å². The van der Waals surface area contributed by atoms with E-state index in [0.29, 0.717) is 11.1 Å². The van der Waals surface area contributed by atoms with E-state index in [4.69, 9.17) is 10.5 Å². The number of rotatable bonds is 0. The summed E-state index contributed by atoms with van der Waals surface area (Å²) >= 11 is 0. The molecule has 0 unspecified atom stereocenters. The summed E-state index contributed by atoms with van der Waals surface area (Å²) < 4.78 is 0. The molecule has 0 radical (unpaired) electrons. The Morgan fingerprint density at radius 1 is 1.00 bits per heavy atom. The van der Waals surface area contributed by atoms with Gasteiger partial charge in [0.05, 0.1) is 22.8 Å². The van der Waals surface area contributed by atoms with Gasteiger partial charge >= 0.3 is 0 Å². The van der Waals surface area contributed by atoms with Crippen LogP contribution in [0.15, 0.2) is 30.5 Å². The molecule has 6 heteroatoms. The highest BCUT2D eigenvalue weighted by Crippen LogP contribution is 2.26. The van der Waals surface area contributed by atoms with Gasteiger partial charge < -0.3 is 4.98 Å². The number of H-pyrrole nitrogens is 1. The van der Waals surface area contributed by atoms with Gasteiger partial charge in [0.1, 0.15) is 28.9 Å². The van der Waals surface area contributed by atoms with E-state index < -0.39 is 0 Å². The smallest absolute Gasteiger partial charge is 0.136 e. The minimum atomic E-state index is 0.234. The quantitative estimate of drug-likeness (QED) is 0.494. The number of benzene rings is 1. The average molecular weight is 270 g/mol. The molecule has 0 aliphatic carbocycles. The zero-order valence-corrected chi connectivity index (χ0v) is 10.6. The first-order chi connectivity index (χ1) is 10.3. The predicted octanol–water partition coefficient (Wildman–Crippen LogP) is 2.40. The van der Waals surface area contributed by atoms with Gasteiger partial charge in [-0.25, -0.2) is 4.98 Å². The maximum absolute atomic E-state index is 9.15. The Hall–Kier alpha value is -3.51. The lowest BCUT2D eigenvalue weighted by Crippen LogP contribution is -1.93. The highest BCUT2D eigenvalue weighted by atomic mass is 15.1. The standard InChI is InChI=1S/C15H6N6/c16-5-10-3-8-1-2-9-4-11-13(7-18-21-11)20-15(9)14(8)19-12(10)6-17/h1-4,7,19H. The van der Waals surface area contributed by atoms with Gasteiger partial charge in [0.2, 0.25) is 0 Å². The van der Waals surface area contributed by atoms with E-state index in [9.17, 15) is 0 Å². The number of nitriles is 2. The number of aromatic nitrogens is 4. The number of pyridine rings is 2. The van der Waals surface area contributed by atoms with Gasteiger partial charge in [-0.1, -0.05) is 12.1 Å². The first kappa shape index (κ1) is 11.3. The molecule has 3 heterocycles. The highest BCUT2D eigenvalue weighted by molar-refractivity contribution is 6.06. The molecule has 21 heavy (non-hydrogen) atoms. The minimum Gasteiger partial charge on any atom is -0.343 e. The Morgan fingerprint density at radius 2 is 1.86 bits per heavy atom. The molecule has 0 fully saturated rings. The molecule has 0 aliphatic rings. The van der Waals surface area contributed by atoms with Gasteiger partial charge in [-0.05, 0) is 12.1 Å². The summed E-state index contributed by atoms with van der Waals surface area (Å²) in [6.07, 6.45) is 1.60. The van der Waals surface area contributed by atoms with Crippen LogP contribution in [0, 0.1) is 22.7 Å². The minimum absolute atomic E-state index is 0.234. The van der Waals surface area contributed by atoms with Gasteiger partial charge in [0.15, 0.2) is 0 Å². The molecular formula is C15H6N6. The number of nitrogens with zero attached hydrogens (tertiary/aromatic N) is 5. The Labute approximate surface area is 118 Å². The second-order valence-corrected chi connectivity index (χ2v) is 4.62. The molecule has 0 aliphatic heterocycles. The maximum Gasteiger partial charge on any atom is 0.136 e. The van der Waals surface area contributed by atoms with E-state index in [1.807, 2.05) is 30.3 Å². The molecule has 0 spiro atoms. The summed E-state index contributed by atoms with van der Waals surface area (Å²) in [6, 6.07) is 11.4. The van der Waals surface area contributed by atoms with E-state index in [1.54, 1.807) is 12.3 Å². The first-order valence-electron chi connectivity index (χ1n) is 6.18. The van der Waals surface area contributed by atoms with Crippen molar-refractivity contribution >= 4 is 32.8 Å². The lowest BCUT2D eigenvalue weighted by Gasteiger charge is -2.05. The third-order valence-corrected chi connectivity index (χ3v) is 3.43. The van der Waals surface area contributed by atoms with Crippen LogP contribution in [0.1, 0.15) is 11.3 Å². The monoisotopic (exact) mass is 270 g/mol. The van der Waals surface area contributed by atoms with Crippen molar-refractivity contribution in [1.29, 1.82) is 10.5 Å². The summed E-state index contributed by atoms with van der Waals surface area (Å²) in [5, 5.41) is 27.8. The van der Waals surface area contributed by atoms with Crippen LogP contribution in [0.2, 0.25) is 0 Å². The van der Waals surface area contributed by atoms with Crippen LogP contribution in [0.3, 0.4) is 0 Å². The van der Waals surface area contributed by atoms with Gasteiger partial charge in [0, 0.05) is 10.8 Å². The largest absolute Gasteiger partial charge is 0.343 e. The molecule has 6 nitrogen and oxygen atoms in total. The highest BCUT2D eigenvalue weighted by Gasteiger charge is 2.10. The first-order valence-corrected chi connectivity index (χ1v) is 6.18. The van der Waals surface area contributed by atoms with Crippen LogP contribution in [0.4, 0.5) is 0 Å². The van der Waals surface area contributed by atoms with Crippen molar-refractivity contribution in [3.63, 3.8) is 0 Å². The molecule has 0 saturated carbocycles. The Morgan fingerprint density at radius 3 is 2.67 bits per heavy atom. The van der Waals surface area contributed by atoms with Crippen LogP contribution in [-0.4, -0.2) is 20.2 Å². The lowest BCUT2D eigenvalue weighted by atomic mass is 10.1. The van der Waals surface area contributed by atoms with Crippen molar-refractivity contribution in [1.82, 2.24) is 20.2 Å². The molecule has 0 atom stereocenters. The summed E-state index contributed by atoms with van der Waals surface area (Å²) in [5.41, 5.74) is 3.45. The Kier molecular flexibility index (Phi) is 2.15. The van der Waals surface area contributed by atoms with Crippen molar-refractivity contribution in [2.45, 2.75) is 0 Å². The number of aromatic amines is 1. The molecule has 0 bridgehead atoms. The zero-order chi connectivity index (χ0) is 14.4. The summed E-state index contributed by atoms with van der Waals surface area (Å²) in [4.78, 5) is 7.56. The molecule has 3 aromatic heterocycles. The van der Waals surface area contributed by atoms with Crippen LogP contribution < -0.4 is 0 Å². The predicted molar refractivity (Wildman–Crippen MR) is 76.1 cm³/mol. The molecular weight excluding hydrogens is 264 g/mol. The van der Waals surface area contributed by atoms with Crippen molar-refractivity contribution in [2.24, 2.45) is 0 Å². The van der Waals surface area contributed by atoms with E-state index in [-0.39, 0.29) is 5.69 Å². The SMILES string of the molecule is N#Cc1cc2ccc3cc4nncc4nc3c2[nH]c1C#N. The number of fused-ring (bicyclic) bond motifs is 4. The van der Waals surface area contributed by atoms with Gasteiger partial charge in [-0.3, -0.25) is 0 Å². The molecule has 4 rings (SSSR count). The normalized spacial score (nSPS) is 10.8. The fourth-order valence-electron chi connectivity index (χ4n) is 2.43. The van der Waals surface area contributed by atoms with Crippen molar-refractivity contribution < 1.29 is 0 Å². The molecule has 1 aromatic carbocycles. The summed E-state index contributed by atoms with van der Waals surface area (Å²) in [5.74, 6) is 0. The van der Waals surface area contributed by atoms with Crippen molar-refractivity contribution in [3.05, 3.63) is 41.7 Å². The maximum atomic E-state index is 9.15.